The molecule has 3 atom stereocenters. The highest BCUT2D eigenvalue weighted by Gasteiger charge is 2.38. The molecule has 2 fully saturated rings. The van der Waals surface area contributed by atoms with Crippen LogP contribution in [0.2, 0.25) is 0 Å². The van der Waals surface area contributed by atoms with Gasteiger partial charge in [0.1, 0.15) is 6.33 Å². The minimum atomic E-state index is -0.280. The molecule has 1 saturated heterocycles. The average molecular weight is 293 g/mol. The predicted molar refractivity (Wildman–Crippen MR) is 79.7 cm³/mol. The standard InChI is InChI=1S/C16H24FN3O/c1-2-12-15(17)16(19-10-18-12)20-9-5-7-13(20)11-6-3-4-8-14(11)21/h10-11,13-14,21H,2-9H2,1H3/t11-,13+,14-/m0/s1. The lowest BCUT2D eigenvalue weighted by molar-refractivity contribution is 0.0564. The van der Waals surface area contributed by atoms with Gasteiger partial charge in [-0.1, -0.05) is 19.8 Å². The van der Waals surface area contributed by atoms with Gasteiger partial charge in [0.2, 0.25) is 0 Å². The summed E-state index contributed by atoms with van der Waals surface area (Å²) >= 11 is 0. The van der Waals surface area contributed by atoms with Crippen LogP contribution < -0.4 is 4.90 Å². The molecule has 0 aromatic carbocycles. The summed E-state index contributed by atoms with van der Waals surface area (Å²) in [4.78, 5) is 10.3. The van der Waals surface area contributed by atoms with Crippen LogP contribution in [-0.2, 0) is 6.42 Å². The number of aliphatic hydroxyl groups excluding tert-OH is 1. The maximum atomic E-state index is 14.5. The highest BCUT2D eigenvalue weighted by Crippen LogP contribution is 2.37. The van der Waals surface area contributed by atoms with Gasteiger partial charge in [-0.2, -0.15) is 0 Å². The Bertz CT molecular complexity index is 496. The van der Waals surface area contributed by atoms with Crippen molar-refractivity contribution in [1.82, 2.24) is 9.97 Å². The fourth-order valence-electron chi connectivity index (χ4n) is 3.93. The molecule has 1 aromatic heterocycles. The van der Waals surface area contributed by atoms with Crippen molar-refractivity contribution in [2.75, 3.05) is 11.4 Å². The van der Waals surface area contributed by atoms with E-state index in [0.29, 0.717) is 17.9 Å². The summed E-state index contributed by atoms with van der Waals surface area (Å²) in [5.41, 5.74) is 0.481. The van der Waals surface area contributed by atoms with Crippen LogP contribution in [-0.4, -0.2) is 33.8 Å². The Morgan fingerprint density at radius 3 is 2.81 bits per heavy atom. The van der Waals surface area contributed by atoms with Crippen molar-refractivity contribution in [3.8, 4) is 0 Å². The molecule has 0 radical (unpaired) electrons. The summed E-state index contributed by atoms with van der Waals surface area (Å²) in [5.74, 6) is 0.403. The summed E-state index contributed by atoms with van der Waals surface area (Å²) < 4.78 is 14.5. The van der Waals surface area contributed by atoms with Crippen LogP contribution in [0.15, 0.2) is 6.33 Å². The zero-order valence-electron chi connectivity index (χ0n) is 12.6. The molecule has 3 rings (SSSR count). The topological polar surface area (TPSA) is 49.2 Å². The van der Waals surface area contributed by atoms with Crippen LogP contribution in [0.1, 0.15) is 51.1 Å². The van der Waals surface area contributed by atoms with Crippen LogP contribution >= 0.6 is 0 Å². The number of aryl methyl sites for hydroxylation is 1. The second-order valence-corrected chi connectivity index (χ2v) is 6.23. The largest absolute Gasteiger partial charge is 0.393 e. The zero-order valence-corrected chi connectivity index (χ0v) is 12.6. The van der Waals surface area contributed by atoms with Gasteiger partial charge in [-0.15, -0.1) is 0 Å². The van der Waals surface area contributed by atoms with Gasteiger partial charge in [-0.05, 0) is 32.1 Å². The van der Waals surface area contributed by atoms with E-state index >= 15 is 0 Å². The molecule has 1 saturated carbocycles. The van der Waals surface area contributed by atoms with Gasteiger partial charge in [0.05, 0.1) is 11.8 Å². The van der Waals surface area contributed by atoms with Gasteiger partial charge >= 0.3 is 0 Å². The molecular weight excluding hydrogens is 269 g/mol. The predicted octanol–water partition coefficient (Wildman–Crippen LogP) is 2.70. The van der Waals surface area contributed by atoms with E-state index in [1.807, 2.05) is 6.92 Å². The lowest BCUT2D eigenvalue weighted by atomic mass is 9.80. The molecule has 21 heavy (non-hydrogen) atoms. The molecule has 1 aromatic rings. The monoisotopic (exact) mass is 293 g/mol. The van der Waals surface area contributed by atoms with Gasteiger partial charge in [0.25, 0.3) is 0 Å². The molecule has 1 aliphatic carbocycles. The van der Waals surface area contributed by atoms with Crippen molar-refractivity contribution in [1.29, 1.82) is 0 Å². The Morgan fingerprint density at radius 1 is 1.24 bits per heavy atom. The van der Waals surface area contributed by atoms with Gasteiger partial charge in [-0.3, -0.25) is 0 Å². The van der Waals surface area contributed by atoms with Crippen LogP contribution in [0.3, 0.4) is 0 Å². The Labute approximate surface area is 125 Å². The quantitative estimate of drug-likeness (QED) is 0.931. The number of rotatable bonds is 3. The summed E-state index contributed by atoms with van der Waals surface area (Å²) in [7, 11) is 0. The number of aromatic nitrogens is 2. The third kappa shape index (κ3) is 2.76. The summed E-state index contributed by atoms with van der Waals surface area (Å²) in [6.07, 6.45) is 8.03. The Morgan fingerprint density at radius 2 is 2.05 bits per heavy atom. The molecule has 0 amide bonds. The molecule has 5 heteroatoms. The fourth-order valence-corrected chi connectivity index (χ4v) is 3.93. The summed E-state index contributed by atoms with van der Waals surface area (Å²) in [6, 6.07) is 0.217. The molecule has 0 unspecified atom stereocenters. The Hall–Kier alpha value is -1.23. The van der Waals surface area contributed by atoms with Crippen LogP contribution in [0.4, 0.5) is 10.2 Å². The SMILES string of the molecule is CCc1ncnc(N2CCC[C@@H]2[C@@H]2CCCC[C@@H]2O)c1F. The number of anilines is 1. The molecule has 1 N–H and O–H groups in total. The molecule has 2 heterocycles. The molecular formula is C16H24FN3O. The van der Waals surface area contributed by atoms with E-state index in [-0.39, 0.29) is 23.9 Å². The van der Waals surface area contributed by atoms with Gasteiger partial charge in [-0.25, -0.2) is 14.4 Å². The van der Waals surface area contributed by atoms with Crippen LogP contribution in [0.25, 0.3) is 0 Å². The van der Waals surface area contributed by atoms with Crippen molar-refractivity contribution >= 4 is 5.82 Å². The minimum Gasteiger partial charge on any atom is -0.393 e. The van der Waals surface area contributed by atoms with E-state index in [1.165, 1.54) is 12.7 Å². The maximum absolute atomic E-state index is 14.5. The first-order valence-electron chi connectivity index (χ1n) is 8.16. The normalized spacial score (nSPS) is 29.9. The molecule has 1 aliphatic heterocycles. The van der Waals surface area contributed by atoms with Crippen molar-refractivity contribution in [2.24, 2.45) is 5.92 Å². The van der Waals surface area contributed by atoms with Crippen molar-refractivity contribution < 1.29 is 9.50 Å². The molecule has 0 spiro atoms. The first kappa shape index (κ1) is 14.7. The number of hydrogen-bond donors (Lipinski definition) is 1. The number of aliphatic hydroxyl groups is 1. The zero-order chi connectivity index (χ0) is 14.8. The van der Waals surface area contributed by atoms with E-state index in [2.05, 4.69) is 14.9 Å². The minimum absolute atomic E-state index is 0.217. The van der Waals surface area contributed by atoms with E-state index in [9.17, 15) is 9.50 Å². The second kappa shape index (κ2) is 6.26. The Kier molecular flexibility index (Phi) is 4.38. The molecule has 116 valence electrons. The summed E-state index contributed by atoms with van der Waals surface area (Å²) in [6.45, 7) is 2.73. The highest BCUT2D eigenvalue weighted by molar-refractivity contribution is 5.43. The smallest absolute Gasteiger partial charge is 0.187 e. The van der Waals surface area contributed by atoms with Gasteiger partial charge in [0, 0.05) is 18.5 Å². The van der Waals surface area contributed by atoms with Gasteiger partial charge < -0.3 is 10.0 Å². The molecule has 2 aliphatic rings. The Balaban J connectivity index is 1.87. The molecule has 4 nitrogen and oxygen atoms in total. The first-order valence-corrected chi connectivity index (χ1v) is 8.16. The van der Waals surface area contributed by atoms with Crippen molar-refractivity contribution in [3.05, 3.63) is 17.8 Å². The van der Waals surface area contributed by atoms with Crippen LogP contribution in [0.5, 0.6) is 0 Å². The third-order valence-corrected chi connectivity index (χ3v) is 5.03. The summed E-state index contributed by atoms with van der Waals surface area (Å²) in [5, 5.41) is 10.3. The van der Waals surface area contributed by atoms with E-state index in [1.54, 1.807) is 0 Å². The number of hydrogen-bond acceptors (Lipinski definition) is 4. The second-order valence-electron chi connectivity index (χ2n) is 6.23. The highest BCUT2D eigenvalue weighted by atomic mass is 19.1. The third-order valence-electron chi connectivity index (χ3n) is 5.03. The first-order chi connectivity index (χ1) is 10.2. The van der Waals surface area contributed by atoms with E-state index in [0.717, 1.165) is 38.6 Å². The van der Waals surface area contributed by atoms with E-state index in [4.69, 9.17) is 0 Å². The maximum Gasteiger partial charge on any atom is 0.187 e. The fraction of sp³-hybridized carbons (Fsp3) is 0.750. The van der Waals surface area contributed by atoms with Crippen molar-refractivity contribution in [2.45, 2.75) is 64.0 Å². The van der Waals surface area contributed by atoms with Crippen LogP contribution in [0, 0.1) is 11.7 Å². The van der Waals surface area contributed by atoms with E-state index < -0.39 is 0 Å². The lowest BCUT2D eigenvalue weighted by Gasteiger charge is -2.37. The number of nitrogens with zero attached hydrogens (tertiary/aromatic N) is 3. The lowest BCUT2D eigenvalue weighted by Crippen LogP contribution is -2.43. The van der Waals surface area contributed by atoms with Crippen molar-refractivity contribution in [3.63, 3.8) is 0 Å². The molecule has 0 bridgehead atoms. The average Bonchev–Trinajstić information content (AvgIpc) is 2.97. The number of halogens is 1. The van der Waals surface area contributed by atoms with Gasteiger partial charge in [0.15, 0.2) is 11.6 Å².